The number of amides is 1. The predicted molar refractivity (Wildman–Crippen MR) is 399 cm³/mol. The molecule has 0 aliphatic rings. The fraction of sp³-hybridized carbons (Fsp3) is 0.866. The lowest BCUT2D eigenvalue weighted by atomic mass is 10.0. The van der Waals surface area contributed by atoms with E-state index in [1.54, 1.807) is 0 Å². The fourth-order valence-electron chi connectivity index (χ4n) is 12.4. The van der Waals surface area contributed by atoms with Crippen LogP contribution in [-0.2, 0) is 18.4 Å². The first kappa shape index (κ1) is 89.2. The first-order valence-corrected chi connectivity index (χ1v) is 41.6. The first-order valence-electron chi connectivity index (χ1n) is 40.1. The van der Waals surface area contributed by atoms with Crippen LogP contribution < -0.4 is 10.2 Å². The molecule has 0 radical (unpaired) electrons. The van der Waals surface area contributed by atoms with Crippen molar-refractivity contribution in [3.05, 3.63) is 60.8 Å². The summed E-state index contributed by atoms with van der Waals surface area (Å²) in [6.07, 6.45) is 101. The monoisotopic (exact) mass is 1300 g/mol. The van der Waals surface area contributed by atoms with E-state index in [1.807, 2.05) is 21.1 Å². The Morgan fingerprint density at radius 3 is 0.978 bits per heavy atom. The molecule has 0 bridgehead atoms. The van der Waals surface area contributed by atoms with Gasteiger partial charge in [0.05, 0.1) is 39.9 Å². The molecule has 0 rings (SSSR count). The molecule has 0 spiro atoms. The van der Waals surface area contributed by atoms with Gasteiger partial charge in [0.2, 0.25) is 5.91 Å². The van der Waals surface area contributed by atoms with Gasteiger partial charge in [-0.3, -0.25) is 9.36 Å². The van der Waals surface area contributed by atoms with Crippen molar-refractivity contribution in [3.8, 4) is 0 Å². The molecule has 0 aromatic rings. The predicted octanol–water partition coefficient (Wildman–Crippen LogP) is 25.7. The molecule has 0 saturated carbocycles. The van der Waals surface area contributed by atoms with Gasteiger partial charge in [-0.05, 0) is 57.8 Å². The molecule has 0 aliphatic heterocycles. The van der Waals surface area contributed by atoms with Crippen LogP contribution in [0, 0.1) is 0 Å². The maximum atomic E-state index is 13.1. The number of aliphatic hydroxyl groups excluding tert-OH is 1. The van der Waals surface area contributed by atoms with Gasteiger partial charge in [-0.1, -0.05) is 402 Å². The second-order valence-electron chi connectivity index (χ2n) is 28.8. The zero-order chi connectivity index (χ0) is 66.2. The van der Waals surface area contributed by atoms with Crippen molar-refractivity contribution in [2.24, 2.45) is 0 Å². The molecule has 8 nitrogen and oxygen atoms in total. The van der Waals surface area contributed by atoms with Crippen molar-refractivity contribution < 1.29 is 32.9 Å². The number of hydrogen-bond donors (Lipinski definition) is 2. The standard InChI is InChI=1S/C82H157N2O6P/c1-6-8-10-12-14-16-18-20-22-24-26-28-30-32-34-36-38-40-41-42-43-44-46-48-50-52-54-56-58-60-62-64-66-68-70-72-74-76-82(86)83-80(79-90-91(87,88)89-78-77-84(3,4)5)81(85)75-73-71-69-67-65-63-61-59-57-55-53-51-49-47-45-39-37-35-33-31-29-27-25-23-21-19-17-15-13-11-9-7-2/h8,10,14,16,20,22,26,28,32,34,80-81,85H,6-7,9,11-13,15,17-19,21,23-25,27,29-31,33,35-79H2,1-5H3,(H-,83,86,87,88)/b10-8-,16-14-,22-20-,28-26-,34-32-. The quantitative estimate of drug-likeness (QED) is 0.0272. The lowest BCUT2D eigenvalue weighted by molar-refractivity contribution is -0.870. The average Bonchev–Trinajstić information content (AvgIpc) is 3.42. The topological polar surface area (TPSA) is 108 Å². The van der Waals surface area contributed by atoms with Crippen LogP contribution in [0.25, 0.3) is 0 Å². The van der Waals surface area contributed by atoms with Crippen LogP contribution in [0.4, 0.5) is 0 Å². The number of nitrogens with one attached hydrogen (secondary N) is 1. The van der Waals surface area contributed by atoms with E-state index in [2.05, 4.69) is 79.9 Å². The molecule has 0 aromatic carbocycles. The van der Waals surface area contributed by atoms with Crippen molar-refractivity contribution in [3.63, 3.8) is 0 Å². The molecule has 0 fully saturated rings. The molecule has 91 heavy (non-hydrogen) atoms. The number of quaternary nitrogens is 1. The highest BCUT2D eigenvalue weighted by Gasteiger charge is 2.24. The van der Waals surface area contributed by atoms with Crippen molar-refractivity contribution in [1.82, 2.24) is 5.32 Å². The highest BCUT2D eigenvalue weighted by molar-refractivity contribution is 7.45. The van der Waals surface area contributed by atoms with Crippen molar-refractivity contribution in [2.45, 2.75) is 418 Å². The number of nitrogens with zero attached hydrogens (tertiary/aromatic N) is 1. The number of rotatable bonds is 75. The Morgan fingerprint density at radius 1 is 0.396 bits per heavy atom. The maximum absolute atomic E-state index is 13.1. The van der Waals surface area contributed by atoms with Gasteiger partial charge in [0.25, 0.3) is 7.82 Å². The Labute approximate surface area is 568 Å². The van der Waals surface area contributed by atoms with Gasteiger partial charge in [-0.2, -0.15) is 0 Å². The van der Waals surface area contributed by atoms with Gasteiger partial charge < -0.3 is 28.8 Å². The van der Waals surface area contributed by atoms with Gasteiger partial charge in [0.1, 0.15) is 13.2 Å². The Morgan fingerprint density at radius 2 is 0.670 bits per heavy atom. The summed E-state index contributed by atoms with van der Waals surface area (Å²) in [5, 5.41) is 14.2. The third kappa shape index (κ3) is 75.4. The highest BCUT2D eigenvalue weighted by Crippen LogP contribution is 2.38. The molecular weight excluding hydrogens is 1140 g/mol. The molecule has 2 N–H and O–H groups in total. The number of carbonyl (C=O) groups excluding carboxylic acids is 1. The summed E-state index contributed by atoms with van der Waals surface area (Å²) in [5.74, 6) is -0.157. The summed E-state index contributed by atoms with van der Waals surface area (Å²) < 4.78 is 23.6. The summed E-state index contributed by atoms with van der Waals surface area (Å²) in [6, 6.07) is -0.803. The largest absolute Gasteiger partial charge is 0.756 e. The third-order valence-electron chi connectivity index (χ3n) is 18.5. The molecule has 3 atom stereocenters. The van der Waals surface area contributed by atoms with Crippen LogP contribution >= 0.6 is 7.82 Å². The van der Waals surface area contributed by atoms with Gasteiger partial charge >= 0.3 is 0 Å². The minimum atomic E-state index is -4.58. The van der Waals surface area contributed by atoms with E-state index in [9.17, 15) is 19.4 Å². The minimum Gasteiger partial charge on any atom is -0.756 e. The van der Waals surface area contributed by atoms with Gasteiger partial charge in [-0.25, -0.2) is 0 Å². The minimum absolute atomic E-state index is 0.0137. The van der Waals surface area contributed by atoms with E-state index < -0.39 is 20.0 Å². The molecule has 9 heteroatoms. The van der Waals surface area contributed by atoms with E-state index in [0.29, 0.717) is 23.9 Å². The van der Waals surface area contributed by atoms with Crippen molar-refractivity contribution >= 4 is 13.7 Å². The van der Waals surface area contributed by atoms with Gasteiger partial charge in [0, 0.05) is 6.42 Å². The summed E-state index contributed by atoms with van der Waals surface area (Å²) in [5.41, 5.74) is 0. The SMILES string of the molecule is CC/C=C\C/C=C\C/C=C\C/C=C\C/C=C\CCCCCCCCCCCCCCCCCCCCCCCC(=O)NC(COP(=O)([O-])OCC[N+](C)(C)C)C(O)CCCCCCCCCCCCCCCCCCCCCCCCCCCCCCCCCC. The van der Waals surface area contributed by atoms with Crippen LogP contribution in [-0.4, -0.2) is 68.5 Å². The van der Waals surface area contributed by atoms with E-state index in [0.717, 1.165) is 70.6 Å². The Kier molecular flexibility index (Phi) is 71.0. The zero-order valence-electron chi connectivity index (χ0n) is 61.6. The first-order chi connectivity index (χ1) is 44.5. The van der Waals surface area contributed by atoms with E-state index in [4.69, 9.17) is 9.05 Å². The lowest BCUT2D eigenvalue weighted by Crippen LogP contribution is -2.46. The Balaban J connectivity index is 3.92. The smallest absolute Gasteiger partial charge is 0.268 e. The van der Waals surface area contributed by atoms with E-state index >= 15 is 0 Å². The highest BCUT2D eigenvalue weighted by atomic mass is 31.2. The third-order valence-corrected chi connectivity index (χ3v) is 19.5. The number of likely N-dealkylation sites (N-methyl/N-ethyl adjacent to an activating group) is 1. The molecule has 3 unspecified atom stereocenters. The summed E-state index contributed by atoms with van der Waals surface area (Å²) in [6.45, 7) is 4.67. The Hall–Kier alpha value is -1.80. The normalized spacial score (nSPS) is 13.8. The van der Waals surface area contributed by atoms with Gasteiger partial charge in [0.15, 0.2) is 0 Å². The molecular formula is C82H157N2O6P. The average molecular weight is 1300 g/mol. The number of aliphatic hydroxyl groups is 1. The van der Waals surface area contributed by atoms with Crippen LogP contribution in [0.15, 0.2) is 60.8 Å². The number of unbranched alkanes of at least 4 members (excludes halogenated alkanes) is 52. The van der Waals surface area contributed by atoms with Crippen LogP contribution in [0.3, 0.4) is 0 Å². The molecule has 1 amide bonds. The van der Waals surface area contributed by atoms with Crippen LogP contribution in [0.5, 0.6) is 0 Å². The van der Waals surface area contributed by atoms with E-state index in [-0.39, 0.29) is 19.1 Å². The molecule has 536 valence electrons. The number of carbonyl (C=O) groups is 1. The molecule has 0 aliphatic carbocycles. The molecule has 0 saturated heterocycles. The second kappa shape index (κ2) is 72.5. The van der Waals surface area contributed by atoms with Gasteiger partial charge in [-0.15, -0.1) is 0 Å². The fourth-order valence-corrected chi connectivity index (χ4v) is 13.1. The second-order valence-corrected chi connectivity index (χ2v) is 30.2. The lowest BCUT2D eigenvalue weighted by Gasteiger charge is -2.30. The number of hydrogen-bond acceptors (Lipinski definition) is 6. The molecule has 0 heterocycles. The number of phosphoric ester groups is 1. The van der Waals surface area contributed by atoms with Crippen molar-refractivity contribution in [1.29, 1.82) is 0 Å². The summed E-state index contributed by atoms with van der Waals surface area (Å²) >= 11 is 0. The maximum Gasteiger partial charge on any atom is 0.268 e. The number of phosphoric acid groups is 1. The van der Waals surface area contributed by atoms with Crippen LogP contribution in [0.1, 0.15) is 406 Å². The zero-order valence-corrected chi connectivity index (χ0v) is 62.5. The molecule has 0 aromatic heterocycles. The summed E-state index contributed by atoms with van der Waals surface area (Å²) in [7, 11) is 1.32. The van der Waals surface area contributed by atoms with Crippen LogP contribution in [0.2, 0.25) is 0 Å². The van der Waals surface area contributed by atoms with E-state index in [1.165, 1.54) is 308 Å². The summed E-state index contributed by atoms with van der Waals surface area (Å²) in [4.78, 5) is 25.8. The Bertz CT molecular complexity index is 1670. The van der Waals surface area contributed by atoms with Crippen molar-refractivity contribution in [2.75, 3.05) is 40.9 Å². The number of allylic oxidation sites excluding steroid dienone is 10.